The zero-order chi connectivity index (χ0) is 29.0. The topological polar surface area (TPSA) is 112 Å². The average Bonchev–Trinajstić information content (AvgIpc) is 3.30. The van der Waals surface area contributed by atoms with Crippen molar-refractivity contribution >= 4 is 14.0 Å². The van der Waals surface area contributed by atoms with Gasteiger partial charge in [0.15, 0.2) is 5.82 Å². The number of carbonyl (C=O) groups is 1. The number of aliphatic carboxylic acids is 1. The van der Waals surface area contributed by atoms with Gasteiger partial charge in [0.05, 0.1) is 5.41 Å². The molecule has 0 saturated carbocycles. The number of alkyl halides is 3. The number of carboxylic acids is 1. The van der Waals surface area contributed by atoms with E-state index in [1.165, 1.54) is 6.20 Å². The standard InChI is InChI=1S/C26H34F3N5O4Si/c1-7-39(5,6)11-10-37-16-34-22(32-23(33-34)26(27,28)29)20-9-8-18(13-30-20)19-14-31-21(12-17(19)2)38-15-25(3,4)24(35)36/h8-9,12-14H,7,10-11,15-16H2,1-6H3,(H,35,36). The number of aromatic nitrogens is 5. The van der Waals surface area contributed by atoms with Gasteiger partial charge in [-0.15, -0.1) is 5.10 Å². The van der Waals surface area contributed by atoms with Crippen LogP contribution in [0.15, 0.2) is 30.6 Å². The molecule has 0 spiro atoms. The van der Waals surface area contributed by atoms with Crippen LogP contribution in [0.5, 0.6) is 5.88 Å². The van der Waals surface area contributed by atoms with Gasteiger partial charge in [-0.05, 0) is 38.4 Å². The lowest BCUT2D eigenvalue weighted by molar-refractivity contribution is -0.148. The van der Waals surface area contributed by atoms with Crippen molar-refractivity contribution in [2.45, 2.75) is 65.8 Å². The molecule has 0 bridgehead atoms. The molecule has 3 rings (SSSR count). The van der Waals surface area contributed by atoms with Crippen molar-refractivity contribution < 1.29 is 32.5 Å². The predicted molar refractivity (Wildman–Crippen MR) is 142 cm³/mol. The summed E-state index contributed by atoms with van der Waals surface area (Å²) in [7, 11) is -1.38. The van der Waals surface area contributed by atoms with Gasteiger partial charge in [-0.2, -0.15) is 13.2 Å². The molecule has 0 aliphatic carbocycles. The van der Waals surface area contributed by atoms with Crippen LogP contribution in [0, 0.1) is 12.3 Å². The molecule has 13 heteroatoms. The van der Waals surface area contributed by atoms with E-state index in [9.17, 15) is 23.1 Å². The van der Waals surface area contributed by atoms with Crippen LogP contribution in [0.25, 0.3) is 22.6 Å². The van der Waals surface area contributed by atoms with Gasteiger partial charge in [-0.1, -0.05) is 32.1 Å². The summed E-state index contributed by atoms with van der Waals surface area (Å²) < 4.78 is 52.4. The third-order valence-electron chi connectivity index (χ3n) is 6.57. The minimum absolute atomic E-state index is 0.0412. The third-order valence-corrected chi connectivity index (χ3v) is 10.0. The Balaban J connectivity index is 1.79. The SMILES string of the molecule is CC[Si](C)(C)CCOCn1nc(C(F)(F)F)nc1-c1ccc(-c2cnc(OCC(C)(C)C(=O)O)cc2C)cn1. The van der Waals surface area contributed by atoms with Crippen LogP contribution >= 0.6 is 0 Å². The molecule has 0 aliphatic rings. The molecule has 0 aliphatic heterocycles. The Morgan fingerprint density at radius 2 is 1.87 bits per heavy atom. The second-order valence-electron chi connectivity index (χ2n) is 10.8. The number of carboxylic acid groups (broad SMARTS) is 1. The van der Waals surface area contributed by atoms with Gasteiger partial charge in [0.25, 0.3) is 5.82 Å². The first kappa shape index (κ1) is 30.2. The maximum atomic E-state index is 13.4. The average molecular weight is 566 g/mol. The molecular weight excluding hydrogens is 531 g/mol. The normalized spacial score (nSPS) is 12.5. The smallest absolute Gasteiger partial charge is 0.453 e. The molecule has 39 heavy (non-hydrogen) atoms. The van der Waals surface area contributed by atoms with Crippen LogP contribution in [0.4, 0.5) is 13.2 Å². The summed E-state index contributed by atoms with van der Waals surface area (Å²) in [6.45, 7) is 11.8. The Hall–Kier alpha value is -3.32. The fraction of sp³-hybridized carbons (Fsp3) is 0.500. The van der Waals surface area contributed by atoms with Crippen molar-refractivity contribution in [2.75, 3.05) is 13.2 Å². The monoisotopic (exact) mass is 565 g/mol. The third kappa shape index (κ3) is 7.85. The highest BCUT2D eigenvalue weighted by Crippen LogP contribution is 2.30. The Labute approximate surface area is 226 Å². The minimum atomic E-state index is -4.71. The number of ether oxygens (including phenoxy) is 2. The second kappa shape index (κ2) is 11.8. The van der Waals surface area contributed by atoms with E-state index >= 15 is 0 Å². The first-order chi connectivity index (χ1) is 18.1. The fourth-order valence-corrected chi connectivity index (χ4v) is 4.38. The fourth-order valence-electron chi connectivity index (χ4n) is 3.33. The van der Waals surface area contributed by atoms with Gasteiger partial charge in [-0.25, -0.2) is 14.6 Å². The van der Waals surface area contributed by atoms with Gasteiger partial charge in [-0.3, -0.25) is 9.78 Å². The Morgan fingerprint density at radius 1 is 1.15 bits per heavy atom. The highest BCUT2D eigenvalue weighted by molar-refractivity contribution is 6.77. The van der Waals surface area contributed by atoms with E-state index in [2.05, 4.69) is 40.1 Å². The van der Waals surface area contributed by atoms with Crippen LogP contribution in [0.1, 0.15) is 32.2 Å². The molecule has 0 saturated heterocycles. The largest absolute Gasteiger partial charge is 0.481 e. The van der Waals surface area contributed by atoms with E-state index in [0.717, 1.165) is 27.9 Å². The summed E-state index contributed by atoms with van der Waals surface area (Å²) in [5.41, 5.74) is 1.38. The Morgan fingerprint density at radius 3 is 2.44 bits per heavy atom. The summed E-state index contributed by atoms with van der Waals surface area (Å²) in [6, 6.07) is 6.95. The summed E-state index contributed by atoms with van der Waals surface area (Å²) >= 11 is 0. The van der Waals surface area contributed by atoms with Gasteiger partial charge in [0.2, 0.25) is 5.88 Å². The summed E-state index contributed by atoms with van der Waals surface area (Å²) in [6.07, 6.45) is -1.60. The number of hydrogen-bond acceptors (Lipinski definition) is 7. The van der Waals surface area contributed by atoms with Gasteiger partial charge < -0.3 is 14.6 Å². The van der Waals surface area contributed by atoms with E-state index in [0.29, 0.717) is 12.2 Å². The van der Waals surface area contributed by atoms with Crippen LogP contribution in [-0.4, -0.2) is 57.1 Å². The quantitative estimate of drug-likeness (QED) is 0.213. The summed E-state index contributed by atoms with van der Waals surface area (Å²) in [4.78, 5) is 23.6. The number of nitrogens with zero attached hydrogens (tertiary/aromatic N) is 5. The highest BCUT2D eigenvalue weighted by atomic mass is 28.3. The van der Waals surface area contributed by atoms with Crippen molar-refractivity contribution in [3.63, 3.8) is 0 Å². The van der Waals surface area contributed by atoms with Crippen LogP contribution in [0.2, 0.25) is 25.2 Å². The van der Waals surface area contributed by atoms with Crippen molar-refractivity contribution in [3.8, 4) is 28.5 Å². The van der Waals surface area contributed by atoms with E-state index in [-0.39, 0.29) is 30.7 Å². The number of pyridine rings is 2. The number of aryl methyl sites for hydroxylation is 1. The molecule has 0 fully saturated rings. The predicted octanol–water partition coefficient (Wildman–Crippen LogP) is 5.92. The van der Waals surface area contributed by atoms with Crippen LogP contribution < -0.4 is 4.74 Å². The van der Waals surface area contributed by atoms with E-state index in [4.69, 9.17) is 9.47 Å². The maximum absolute atomic E-state index is 13.4. The molecule has 3 aromatic rings. The summed E-state index contributed by atoms with van der Waals surface area (Å²) in [5, 5.41) is 12.9. The molecule has 9 nitrogen and oxygen atoms in total. The van der Waals surface area contributed by atoms with Crippen molar-refractivity contribution in [1.82, 2.24) is 24.7 Å². The van der Waals surface area contributed by atoms with Gasteiger partial charge in [0.1, 0.15) is 19.0 Å². The van der Waals surface area contributed by atoms with E-state index in [1.807, 2.05) is 6.92 Å². The molecule has 0 atom stereocenters. The zero-order valence-electron chi connectivity index (χ0n) is 23.0. The van der Waals surface area contributed by atoms with Crippen molar-refractivity contribution in [1.29, 1.82) is 0 Å². The number of rotatable bonds is 12. The zero-order valence-corrected chi connectivity index (χ0v) is 24.0. The van der Waals surface area contributed by atoms with Gasteiger partial charge >= 0.3 is 12.1 Å². The lowest BCUT2D eigenvalue weighted by Crippen LogP contribution is -2.30. The molecule has 0 amide bonds. The first-order valence-corrected chi connectivity index (χ1v) is 15.9. The van der Waals surface area contributed by atoms with Crippen LogP contribution in [0.3, 0.4) is 0 Å². The Bertz CT molecular complexity index is 1290. The lowest BCUT2D eigenvalue weighted by atomic mass is 9.95. The van der Waals surface area contributed by atoms with Crippen molar-refractivity contribution in [3.05, 3.63) is 42.0 Å². The molecule has 0 radical (unpaired) electrons. The summed E-state index contributed by atoms with van der Waals surface area (Å²) in [5.74, 6) is -1.99. The van der Waals surface area contributed by atoms with Gasteiger partial charge in [0, 0.05) is 44.3 Å². The van der Waals surface area contributed by atoms with E-state index < -0.39 is 31.5 Å². The number of halogens is 3. The molecule has 3 heterocycles. The molecule has 1 N–H and O–H groups in total. The molecule has 0 aromatic carbocycles. The van der Waals surface area contributed by atoms with Crippen LogP contribution in [-0.2, 0) is 22.4 Å². The second-order valence-corrected chi connectivity index (χ2v) is 16.3. The molecule has 212 valence electrons. The number of hydrogen-bond donors (Lipinski definition) is 1. The first-order valence-electron chi connectivity index (χ1n) is 12.5. The minimum Gasteiger partial charge on any atom is -0.481 e. The molecule has 0 unspecified atom stereocenters. The molecule has 3 aromatic heterocycles. The maximum Gasteiger partial charge on any atom is 0.453 e. The molecular formula is C26H34F3N5O4Si. The highest BCUT2D eigenvalue weighted by Gasteiger charge is 2.37. The van der Waals surface area contributed by atoms with E-state index in [1.54, 1.807) is 38.2 Å². The lowest BCUT2D eigenvalue weighted by Gasteiger charge is -2.19. The Kier molecular flexibility index (Phi) is 9.16. The van der Waals surface area contributed by atoms with Crippen molar-refractivity contribution in [2.24, 2.45) is 5.41 Å².